The molecule has 8 nitrogen and oxygen atoms in total. The summed E-state index contributed by atoms with van der Waals surface area (Å²) in [4.78, 5) is 41.1. The fraction of sp³-hybridized carbons (Fsp3) is 0.320. The number of benzene rings is 2. The second kappa shape index (κ2) is 10.3. The van der Waals surface area contributed by atoms with Gasteiger partial charge in [-0.05, 0) is 18.1 Å². The zero-order valence-corrected chi connectivity index (χ0v) is 19.9. The van der Waals surface area contributed by atoms with E-state index in [0.29, 0.717) is 17.9 Å². The Balaban J connectivity index is 1.65. The summed E-state index contributed by atoms with van der Waals surface area (Å²) in [6.07, 6.45) is -1.18. The summed E-state index contributed by atoms with van der Waals surface area (Å²) < 4.78 is 11.4. The first-order chi connectivity index (χ1) is 16.4. The maximum Gasteiger partial charge on any atom is 0.409 e. The van der Waals surface area contributed by atoms with Crippen LogP contribution in [0.1, 0.15) is 24.2 Å². The van der Waals surface area contributed by atoms with E-state index >= 15 is 0 Å². The first-order valence-electron chi connectivity index (χ1n) is 11.0. The molecular formula is C25H27N3O5S. The SMILES string of the molecule is CCN(C)C(=O)OCC1=C(C(=O)OC(c2ccccc2)c2ccccc2)N2C(=O)[C@@H](N)[C@H]2SC1. The van der Waals surface area contributed by atoms with Gasteiger partial charge in [-0.3, -0.25) is 9.69 Å². The molecule has 0 unspecified atom stereocenters. The summed E-state index contributed by atoms with van der Waals surface area (Å²) in [6, 6.07) is 18.1. The average molecular weight is 482 g/mol. The molecule has 2 heterocycles. The third kappa shape index (κ3) is 4.67. The molecule has 2 atom stereocenters. The number of β-lactam (4-membered cyclic amide) rings is 1. The van der Waals surface area contributed by atoms with E-state index in [0.717, 1.165) is 11.1 Å². The summed E-state index contributed by atoms with van der Waals surface area (Å²) in [5.74, 6) is -0.607. The number of nitrogens with zero attached hydrogens (tertiary/aromatic N) is 2. The molecule has 0 aliphatic carbocycles. The highest BCUT2D eigenvalue weighted by molar-refractivity contribution is 8.00. The normalized spacial score (nSPS) is 19.4. The second-order valence-corrected chi connectivity index (χ2v) is 9.17. The zero-order chi connectivity index (χ0) is 24.2. The Morgan fingerprint density at radius 3 is 2.26 bits per heavy atom. The predicted molar refractivity (Wildman–Crippen MR) is 129 cm³/mol. The molecule has 0 bridgehead atoms. The van der Waals surface area contributed by atoms with Crippen LogP contribution < -0.4 is 5.73 Å². The summed E-state index contributed by atoms with van der Waals surface area (Å²) in [5.41, 5.74) is 8.20. The molecule has 2 N–H and O–H groups in total. The molecule has 2 amide bonds. The van der Waals surface area contributed by atoms with E-state index in [2.05, 4.69) is 0 Å². The lowest BCUT2D eigenvalue weighted by atomic mass is 10.0. The summed E-state index contributed by atoms with van der Waals surface area (Å²) >= 11 is 1.44. The van der Waals surface area contributed by atoms with E-state index in [-0.39, 0.29) is 23.6 Å². The van der Waals surface area contributed by atoms with Crippen LogP contribution in [0.15, 0.2) is 71.9 Å². The van der Waals surface area contributed by atoms with Crippen LogP contribution >= 0.6 is 11.8 Å². The molecule has 0 spiro atoms. The second-order valence-electron chi connectivity index (χ2n) is 8.06. The maximum absolute atomic E-state index is 13.6. The fourth-order valence-electron chi connectivity index (χ4n) is 3.81. The van der Waals surface area contributed by atoms with Crippen LogP contribution in [0.4, 0.5) is 4.79 Å². The van der Waals surface area contributed by atoms with Crippen LogP contribution in [0.5, 0.6) is 0 Å². The van der Waals surface area contributed by atoms with Crippen LogP contribution in [0.3, 0.4) is 0 Å². The van der Waals surface area contributed by atoms with Crippen LogP contribution in [0.2, 0.25) is 0 Å². The molecule has 2 aliphatic rings. The number of hydrogen-bond donors (Lipinski definition) is 1. The van der Waals surface area contributed by atoms with Gasteiger partial charge in [0.05, 0.1) is 0 Å². The molecular weight excluding hydrogens is 454 g/mol. The Labute approximate surface area is 202 Å². The number of nitrogens with two attached hydrogens (primary N) is 1. The van der Waals surface area contributed by atoms with Gasteiger partial charge in [-0.25, -0.2) is 9.59 Å². The molecule has 2 aromatic carbocycles. The average Bonchev–Trinajstić information content (AvgIpc) is 2.89. The molecule has 2 aromatic rings. The van der Waals surface area contributed by atoms with Crippen molar-refractivity contribution in [1.82, 2.24) is 9.80 Å². The number of fused-ring (bicyclic) bond motifs is 1. The first-order valence-corrected chi connectivity index (χ1v) is 12.1. The highest BCUT2D eigenvalue weighted by atomic mass is 32.2. The zero-order valence-electron chi connectivity index (χ0n) is 19.0. The minimum Gasteiger partial charge on any atom is -0.448 e. The van der Waals surface area contributed by atoms with Gasteiger partial charge in [0.25, 0.3) is 0 Å². The highest BCUT2D eigenvalue weighted by Crippen LogP contribution is 2.40. The quantitative estimate of drug-likeness (QED) is 0.479. The number of esters is 1. The van der Waals surface area contributed by atoms with Crippen molar-refractivity contribution in [3.05, 3.63) is 83.1 Å². The third-order valence-corrected chi connectivity index (χ3v) is 7.23. The number of amides is 2. The Kier molecular flexibility index (Phi) is 7.23. The van der Waals surface area contributed by atoms with Crippen molar-refractivity contribution in [1.29, 1.82) is 0 Å². The number of carbonyl (C=O) groups is 3. The highest BCUT2D eigenvalue weighted by Gasteiger charge is 2.52. The van der Waals surface area contributed by atoms with E-state index in [1.165, 1.54) is 21.6 Å². The van der Waals surface area contributed by atoms with Crippen molar-refractivity contribution in [2.45, 2.75) is 24.4 Å². The van der Waals surface area contributed by atoms with Gasteiger partial charge in [-0.2, -0.15) is 0 Å². The van der Waals surface area contributed by atoms with Crippen molar-refractivity contribution in [2.75, 3.05) is 26.0 Å². The van der Waals surface area contributed by atoms with Crippen LogP contribution in [-0.2, 0) is 19.1 Å². The van der Waals surface area contributed by atoms with Crippen LogP contribution in [0, 0.1) is 0 Å². The molecule has 0 radical (unpaired) electrons. The molecule has 4 rings (SSSR count). The van der Waals surface area contributed by atoms with Gasteiger partial charge >= 0.3 is 12.1 Å². The lowest BCUT2D eigenvalue weighted by molar-refractivity contribution is -0.153. The van der Waals surface area contributed by atoms with Gasteiger partial charge in [0, 0.05) is 24.9 Å². The maximum atomic E-state index is 13.6. The van der Waals surface area contributed by atoms with Crippen LogP contribution in [-0.4, -0.2) is 65.1 Å². The van der Waals surface area contributed by atoms with Gasteiger partial charge in [-0.1, -0.05) is 60.7 Å². The number of hydrogen-bond acceptors (Lipinski definition) is 7. The smallest absolute Gasteiger partial charge is 0.409 e. The lowest BCUT2D eigenvalue weighted by Gasteiger charge is -2.48. The van der Waals surface area contributed by atoms with Gasteiger partial charge in [0.1, 0.15) is 23.7 Å². The monoisotopic (exact) mass is 481 g/mol. The van der Waals surface area contributed by atoms with Crippen molar-refractivity contribution < 1.29 is 23.9 Å². The number of carbonyl (C=O) groups excluding carboxylic acids is 3. The molecule has 178 valence electrons. The van der Waals surface area contributed by atoms with Crippen molar-refractivity contribution in [2.24, 2.45) is 5.73 Å². The Morgan fingerprint density at radius 2 is 1.71 bits per heavy atom. The van der Waals surface area contributed by atoms with Crippen molar-refractivity contribution >= 4 is 29.7 Å². The lowest BCUT2D eigenvalue weighted by Crippen LogP contribution is -2.68. The molecule has 34 heavy (non-hydrogen) atoms. The van der Waals surface area contributed by atoms with Crippen molar-refractivity contribution in [3.63, 3.8) is 0 Å². The van der Waals surface area contributed by atoms with E-state index in [9.17, 15) is 14.4 Å². The molecule has 1 saturated heterocycles. The van der Waals surface area contributed by atoms with Crippen LogP contribution in [0.25, 0.3) is 0 Å². The summed E-state index contributed by atoms with van der Waals surface area (Å²) in [6.45, 7) is 2.20. The summed E-state index contributed by atoms with van der Waals surface area (Å²) in [7, 11) is 1.62. The Hall–Kier alpha value is -3.30. The minimum atomic E-state index is -0.679. The predicted octanol–water partition coefficient (Wildman–Crippen LogP) is 2.90. The van der Waals surface area contributed by atoms with E-state index in [1.807, 2.05) is 67.6 Å². The largest absolute Gasteiger partial charge is 0.448 e. The Morgan fingerprint density at radius 1 is 1.12 bits per heavy atom. The van der Waals surface area contributed by atoms with E-state index < -0.39 is 24.2 Å². The van der Waals surface area contributed by atoms with Gasteiger partial charge < -0.3 is 20.1 Å². The molecule has 9 heteroatoms. The van der Waals surface area contributed by atoms with Gasteiger partial charge in [0.15, 0.2) is 6.10 Å². The molecule has 1 fully saturated rings. The fourth-order valence-corrected chi connectivity index (χ4v) is 5.09. The van der Waals surface area contributed by atoms with E-state index in [4.69, 9.17) is 15.2 Å². The standard InChI is InChI=1S/C25H27N3O5S/c1-3-27(2)25(31)32-14-18-15-34-23-19(26)22(29)28(23)20(18)24(30)33-21(16-10-6-4-7-11-16)17-12-8-5-9-13-17/h4-13,19,21,23H,3,14-15,26H2,1-2H3/t19-,23-/m1/s1. The Bertz CT molecular complexity index is 1050. The van der Waals surface area contributed by atoms with Gasteiger partial charge in [-0.15, -0.1) is 11.8 Å². The topological polar surface area (TPSA) is 102 Å². The van der Waals surface area contributed by atoms with E-state index in [1.54, 1.807) is 7.05 Å². The minimum absolute atomic E-state index is 0.110. The first kappa shape index (κ1) is 23.8. The number of thioether (sulfide) groups is 1. The number of ether oxygens (including phenoxy) is 2. The van der Waals surface area contributed by atoms with Crippen molar-refractivity contribution in [3.8, 4) is 0 Å². The number of rotatable bonds is 7. The molecule has 0 saturated carbocycles. The molecule has 0 aromatic heterocycles. The third-order valence-electron chi connectivity index (χ3n) is 5.87. The summed E-state index contributed by atoms with van der Waals surface area (Å²) in [5, 5.41) is -0.347. The van der Waals surface area contributed by atoms with Gasteiger partial charge in [0.2, 0.25) is 5.91 Å². The molecule has 2 aliphatic heterocycles.